The van der Waals surface area contributed by atoms with Crippen LogP contribution >= 0.6 is 0 Å². The molecule has 15 heavy (non-hydrogen) atoms. The van der Waals surface area contributed by atoms with Crippen LogP contribution in [0, 0.1) is 0 Å². The average Bonchev–Trinajstić information content (AvgIpc) is 2.71. The van der Waals surface area contributed by atoms with Gasteiger partial charge in [-0.15, -0.1) is 0 Å². The fourth-order valence-corrected chi connectivity index (χ4v) is 2.48. The van der Waals surface area contributed by atoms with Gasteiger partial charge in [0.2, 0.25) is 0 Å². The van der Waals surface area contributed by atoms with Crippen molar-refractivity contribution in [1.82, 2.24) is 0 Å². The Bertz CT molecular complexity index is 336. The second-order valence-corrected chi connectivity index (χ2v) is 4.77. The van der Waals surface area contributed by atoms with Crippen molar-refractivity contribution in [2.24, 2.45) is 0 Å². The first-order chi connectivity index (χ1) is 6.77. The number of benzene rings is 1. The Morgan fingerprint density at radius 2 is 1.73 bits per heavy atom. The van der Waals surface area contributed by atoms with Crippen molar-refractivity contribution in [3.05, 3.63) is 29.8 Å². The minimum Gasteiger partial charge on any atom is -1.00 e. The molecule has 4 heteroatoms. The van der Waals surface area contributed by atoms with E-state index in [2.05, 4.69) is 0 Å². The first-order valence-electron chi connectivity index (χ1n) is 4.98. The summed E-state index contributed by atoms with van der Waals surface area (Å²) < 4.78 is 19.6. The first-order valence-corrected chi connectivity index (χ1v) is 6.09. The fourth-order valence-electron chi connectivity index (χ4n) is 2.12. The molecule has 1 unspecified atom stereocenters. The smallest absolute Gasteiger partial charge is 1.00 e. The molecule has 0 bridgehead atoms. The maximum atomic E-state index is 10.7. The molecule has 0 amide bonds. The van der Waals surface area contributed by atoms with E-state index >= 15 is 0 Å². The Morgan fingerprint density at radius 3 is 2.20 bits per heavy atom. The van der Waals surface area contributed by atoms with E-state index in [4.69, 9.17) is 4.55 Å². The van der Waals surface area contributed by atoms with Crippen LogP contribution in [-0.4, -0.2) is 8.76 Å². The Labute approximate surface area is 117 Å². The van der Waals surface area contributed by atoms with E-state index < -0.39 is 11.1 Å². The van der Waals surface area contributed by atoms with Crippen LogP contribution in [0.25, 0.3) is 0 Å². The van der Waals surface area contributed by atoms with Gasteiger partial charge in [0.05, 0.1) is 4.90 Å². The Hall–Kier alpha value is 0.330. The predicted molar refractivity (Wildman–Crippen MR) is 57.8 cm³/mol. The largest absolute Gasteiger partial charge is 1.00 e. The van der Waals surface area contributed by atoms with E-state index in [9.17, 15) is 4.21 Å². The molecule has 1 saturated carbocycles. The van der Waals surface area contributed by atoms with Gasteiger partial charge in [-0.1, -0.05) is 25.0 Å². The van der Waals surface area contributed by atoms with Crippen LogP contribution in [0.5, 0.6) is 0 Å². The summed E-state index contributed by atoms with van der Waals surface area (Å²) in [5.41, 5.74) is 1.32. The molecule has 2 rings (SSSR count). The summed E-state index contributed by atoms with van der Waals surface area (Å²) in [5.74, 6) is 0.677. The third-order valence-corrected chi connectivity index (χ3v) is 3.58. The van der Waals surface area contributed by atoms with Crippen LogP contribution < -0.4 is 29.6 Å². The van der Waals surface area contributed by atoms with Crippen molar-refractivity contribution in [3.63, 3.8) is 0 Å². The third-order valence-electron chi connectivity index (χ3n) is 2.91. The van der Waals surface area contributed by atoms with E-state index in [1.54, 1.807) is 12.1 Å². The average molecular weight is 234 g/mol. The molecule has 1 fully saturated rings. The monoisotopic (exact) mass is 234 g/mol. The fraction of sp³-hybridized carbons (Fsp3) is 0.455. The zero-order chi connectivity index (χ0) is 9.97. The summed E-state index contributed by atoms with van der Waals surface area (Å²) in [6.07, 6.45) is 5.17. The van der Waals surface area contributed by atoms with Gasteiger partial charge in [0.25, 0.3) is 0 Å². The summed E-state index contributed by atoms with van der Waals surface area (Å²) in [4.78, 5) is 0.492. The van der Waals surface area contributed by atoms with Crippen LogP contribution in [0.3, 0.4) is 0 Å². The third kappa shape index (κ3) is 3.40. The second kappa shape index (κ2) is 6.16. The molecule has 1 aromatic rings. The van der Waals surface area contributed by atoms with Gasteiger partial charge in [0.15, 0.2) is 11.1 Å². The van der Waals surface area contributed by atoms with Crippen molar-refractivity contribution in [2.75, 3.05) is 0 Å². The van der Waals surface area contributed by atoms with Crippen LogP contribution in [0.15, 0.2) is 29.2 Å². The van der Waals surface area contributed by atoms with E-state index in [1.165, 1.54) is 31.2 Å². The SMILES string of the molecule is O=S(O)c1ccc(C2CCCC2)cc1.[H-].[Na+]. The molecule has 0 aliphatic heterocycles. The van der Waals surface area contributed by atoms with Gasteiger partial charge in [-0.05, 0) is 36.5 Å². The quantitative estimate of drug-likeness (QED) is 0.579. The number of rotatable bonds is 2. The summed E-state index contributed by atoms with van der Waals surface area (Å²) >= 11 is -1.84. The maximum absolute atomic E-state index is 10.7. The molecule has 2 nitrogen and oxygen atoms in total. The van der Waals surface area contributed by atoms with Gasteiger partial charge >= 0.3 is 29.6 Å². The normalized spacial score (nSPS) is 18.5. The van der Waals surface area contributed by atoms with Crippen molar-refractivity contribution in [1.29, 1.82) is 0 Å². The van der Waals surface area contributed by atoms with Crippen molar-refractivity contribution >= 4 is 11.1 Å². The second-order valence-electron chi connectivity index (χ2n) is 3.80. The van der Waals surface area contributed by atoms with Crippen molar-refractivity contribution in [2.45, 2.75) is 36.5 Å². The topological polar surface area (TPSA) is 37.3 Å². The summed E-state index contributed by atoms with van der Waals surface area (Å²) in [7, 11) is 0. The number of hydrogen-bond donors (Lipinski definition) is 1. The van der Waals surface area contributed by atoms with Crippen LogP contribution in [0.2, 0.25) is 0 Å². The van der Waals surface area contributed by atoms with Gasteiger partial charge in [0.1, 0.15) is 0 Å². The molecular weight excluding hydrogens is 219 g/mol. The molecule has 0 radical (unpaired) electrons. The molecule has 1 aliphatic rings. The van der Waals surface area contributed by atoms with Gasteiger partial charge in [0, 0.05) is 0 Å². The van der Waals surface area contributed by atoms with Gasteiger partial charge in [-0.25, -0.2) is 4.21 Å². The van der Waals surface area contributed by atoms with Gasteiger partial charge in [-0.2, -0.15) is 0 Å². The molecule has 1 aromatic carbocycles. The Balaban J connectivity index is 0.00000112. The molecule has 1 atom stereocenters. The molecule has 1 aliphatic carbocycles. The number of hydrogen-bond acceptors (Lipinski definition) is 1. The van der Waals surface area contributed by atoms with E-state index in [-0.39, 0.29) is 31.0 Å². The molecule has 1 N–H and O–H groups in total. The first kappa shape index (κ1) is 13.4. The van der Waals surface area contributed by atoms with Crippen molar-refractivity contribution in [3.8, 4) is 0 Å². The van der Waals surface area contributed by atoms with E-state index in [1.807, 2.05) is 12.1 Å². The maximum Gasteiger partial charge on any atom is 1.00 e. The molecule has 0 spiro atoms. The molecule has 78 valence electrons. The minimum absolute atomic E-state index is 0. The zero-order valence-corrected chi connectivity index (χ0v) is 11.8. The Morgan fingerprint density at radius 1 is 1.20 bits per heavy atom. The molecule has 0 aromatic heterocycles. The summed E-state index contributed by atoms with van der Waals surface area (Å²) in [5, 5.41) is 0. The van der Waals surface area contributed by atoms with Gasteiger partial charge in [-0.3, -0.25) is 0 Å². The zero-order valence-electron chi connectivity index (χ0n) is 9.98. The predicted octanol–water partition coefficient (Wildman–Crippen LogP) is 0.0413. The standard InChI is InChI=1S/C11H14O2S.Na.H/c12-14(13)11-7-5-10(6-8-11)9-3-1-2-4-9;;/h5-9H,1-4H2,(H,12,13);;/q;+1;-1. The van der Waals surface area contributed by atoms with Crippen LogP contribution in [-0.2, 0) is 11.1 Å². The summed E-state index contributed by atoms with van der Waals surface area (Å²) in [6.45, 7) is 0. The van der Waals surface area contributed by atoms with Crippen molar-refractivity contribution < 1.29 is 39.7 Å². The van der Waals surface area contributed by atoms with Gasteiger partial charge < -0.3 is 5.98 Å². The molecule has 0 heterocycles. The molecule has 0 saturated heterocycles. The van der Waals surface area contributed by atoms with Crippen LogP contribution in [0.4, 0.5) is 0 Å². The minimum atomic E-state index is -1.84. The van der Waals surface area contributed by atoms with Crippen LogP contribution in [0.1, 0.15) is 38.6 Å². The Kier molecular flexibility index (Phi) is 5.50. The van der Waals surface area contributed by atoms with E-state index in [0.717, 1.165) is 0 Å². The summed E-state index contributed by atoms with van der Waals surface area (Å²) in [6, 6.07) is 7.48. The van der Waals surface area contributed by atoms with E-state index in [0.29, 0.717) is 10.8 Å². The molecular formula is C11H15NaO2S.